The molecule has 0 amide bonds. The number of aromatic nitrogens is 2. The Morgan fingerprint density at radius 1 is 1.35 bits per heavy atom. The minimum absolute atomic E-state index is 0.224. The first-order chi connectivity index (χ1) is 7.98. The first-order valence-electron chi connectivity index (χ1n) is 4.70. The van der Waals surface area contributed by atoms with Crippen LogP contribution in [-0.4, -0.2) is 25.5 Å². The normalized spacial score (nSPS) is 11.6. The summed E-state index contributed by atoms with van der Waals surface area (Å²) in [6, 6.07) is 4.97. The monoisotopic (exact) mass is 272 g/mol. The molecule has 2 aromatic rings. The van der Waals surface area contributed by atoms with Crippen LogP contribution in [0.3, 0.4) is 0 Å². The average molecular weight is 273 g/mol. The summed E-state index contributed by atoms with van der Waals surface area (Å²) >= 11 is 0. The minimum Gasteiger partial charge on any atom is -0.480 e. The third kappa shape index (κ3) is 3.04. The van der Waals surface area contributed by atoms with E-state index in [0.29, 0.717) is 22.5 Å². The highest BCUT2D eigenvalue weighted by Gasteiger charge is 2.08. The summed E-state index contributed by atoms with van der Waals surface area (Å²) in [6.45, 7) is 0. The van der Waals surface area contributed by atoms with Gasteiger partial charge in [-0.15, -0.1) is 0 Å². The van der Waals surface area contributed by atoms with Crippen molar-refractivity contribution in [3.63, 3.8) is 0 Å². The molecule has 0 radical (unpaired) electrons. The molecule has 1 aromatic heterocycles. The van der Waals surface area contributed by atoms with E-state index >= 15 is 0 Å². The van der Waals surface area contributed by atoms with E-state index in [-0.39, 0.29) is 5.75 Å². The molecule has 7 heteroatoms. The van der Waals surface area contributed by atoms with Crippen molar-refractivity contribution in [2.75, 3.05) is 7.11 Å². The van der Waals surface area contributed by atoms with Crippen LogP contribution >= 0.6 is 10.7 Å². The Kier molecular flexibility index (Phi) is 3.17. The molecule has 90 valence electrons. The van der Waals surface area contributed by atoms with Crippen molar-refractivity contribution in [1.29, 1.82) is 0 Å². The van der Waals surface area contributed by atoms with Crippen LogP contribution < -0.4 is 4.74 Å². The largest absolute Gasteiger partial charge is 0.480 e. The first-order valence-corrected chi connectivity index (χ1v) is 7.18. The highest BCUT2D eigenvalue weighted by atomic mass is 35.7. The predicted molar refractivity (Wildman–Crippen MR) is 64.6 cm³/mol. The standard InChI is InChI=1S/C10H9ClN2O3S/c1-16-10-5-12-9-4-7(6-17(11,14)15)2-3-8(9)13-10/h2-5H,6H2,1H3. The smallest absolute Gasteiger partial charge is 0.236 e. The molecule has 0 N–H and O–H groups in total. The van der Waals surface area contributed by atoms with Gasteiger partial charge in [-0.1, -0.05) is 6.07 Å². The highest BCUT2D eigenvalue weighted by molar-refractivity contribution is 8.13. The van der Waals surface area contributed by atoms with Gasteiger partial charge in [0.1, 0.15) is 0 Å². The van der Waals surface area contributed by atoms with Crippen LogP contribution in [0.4, 0.5) is 0 Å². The number of rotatable bonds is 3. The van der Waals surface area contributed by atoms with Gasteiger partial charge in [0, 0.05) is 10.7 Å². The van der Waals surface area contributed by atoms with Gasteiger partial charge in [0.25, 0.3) is 0 Å². The van der Waals surface area contributed by atoms with Crippen LogP contribution in [0.1, 0.15) is 5.56 Å². The zero-order valence-corrected chi connectivity index (χ0v) is 10.5. The van der Waals surface area contributed by atoms with Crippen molar-refractivity contribution in [2.45, 2.75) is 5.75 Å². The van der Waals surface area contributed by atoms with E-state index in [2.05, 4.69) is 9.97 Å². The number of hydrogen-bond acceptors (Lipinski definition) is 5. The fraction of sp³-hybridized carbons (Fsp3) is 0.200. The fourth-order valence-electron chi connectivity index (χ4n) is 1.43. The lowest BCUT2D eigenvalue weighted by atomic mass is 10.2. The predicted octanol–water partition coefficient (Wildman–Crippen LogP) is 1.71. The van der Waals surface area contributed by atoms with E-state index < -0.39 is 9.05 Å². The van der Waals surface area contributed by atoms with E-state index in [4.69, 9.17) is 15.4 Å². The molecule has 5 nitrogen and oxygen atoms in total. The number of hydrogen-bond donors (Lipinski definition) is 0. The summed E-state index contributed by atoms with van der Waals surface area (Å²) < 4.78 is 26.8. The summed E-state index contributed by atoms with van der Waals surface area (Å²) in [4.78, 5) is 8.28. The molecule has 0 fully saturated rings. The van der Waals surface area contributed by atoms with Crippen LogP contribution in [-0.2, 0) is 14.8 Å². The lowest BCUT2D eigenvalue weighted by Gasteiger charge is -2.02. The minimum atomic E-state index is -3.56. The van der Waals surface area contributed by atoms with Gasteiger partial charge in [0.05, 0.1) is 30.1 Å². The number of benzene rings is 1. The number of halogens is 1. The van der Waals surface area contributed by atoms with Gasteiger partial charge in [-0.25, -0.2) is 18.4 Å². The van der Waals surface area contributed by atoms with Crippen LogP contribution in [0.25, 0.3) is 11.0 Å². The van der Waals surface area contributed by atoms with Crippen molar-refractivity contribution in [3.05, 3.63) is 30.0 Å². The number of fused-ring (bicyclic) bond motifs is 1. The van der Waals surface area contributed by atoms with Gasteiger partial charge < -0.3 is 4.74 Å². The number of nitrogens with zero attached hydrogens (tertiary/aromatic N) is 2. The van der Waals surface area contributed by atoms with Gasteiger partial charge in [-0.3, -0.25) is 0 Å². The molecule has 1 heterocycles. The molecular weight excluding hydrogens is 264 g/mol. The maximum atomic E-state index is 10.9. The Balaban J connectivity index is 2.45. The molecule has 0 saturated heterocycles. The van der Waals surface area contributed by atoms with Gasteiger partial charge in [0.2, 0.25) is 14.9 Å². The van der Waals surface area contributed by atoms with Gasteiger partial charge >= 0.3 is 0 Å². The van der Waals surface area contributed by atoms with Crippen LogP contribution in [0.2, 0.25) is 0 Å². The van der Waals surface area contributed by atoms with Gasteiger partial charge in [0.15, 0.2) is 0 Å². The Labute approximate surface area is 103 Å². The van der Waals surface area contributed by atoms with E-state index in [0.717, 1.165) is 0 Å². The Bertz CT molecular complexity index is 658. The second-order valence-electron chi connectivity index (χ2n) is 3.42. The second-order valence-corrected chi connectivity index (χ2v) is 6.20. The van der Waals surface area contributed by atoms with Crippen molar-refractivity contribution >= 4 is 30.8 Å². The van der Waals surface area contributed by atoms with E-state index in [1.165, 1.54) is 13.3 Å². The number of ether oxygens (including phenoxy) is 1. The Morgan fingerprint density at radius 2 is 2.12 bits per heavy atom. The van der Waals surface area contributed by atoms with Crippen molar-refractivity contribution in [2.24, 2.45) is 0 Å². The SMILES string of the molecule is COc1cnc2cc(CS(=O)(=O)Cl)ccc2n1. The average Bonchev–Trinajstić information content (AvgIpc) is 2.26. The highest BCUT2D eigenvalue weighted by Crippen LogP contribution is 2.17. The third-order valence-electron chi connectivity index (χ3n) is 2.13. The Morgan fingerprint density at radius 3 is 2.76 bits per heavy atom. The van der Waals surface area contributed by atoms with Crippen molar-refractivity contribution in [1.82, 2.24) is 9.97 Å². The summed E-state index contributed by atoms with van der Waals surface area (Å²) in [6.07, 6.45) is 1.47. The zero-order valence-electron chi connectivity index (χ0n) is 8.92. The van der Waals surface area contributed by atoms with E-state index in [1.807, 2.05) is 0 Å². The molecule has 0 spiro atoms. The molecular formula is C10H9ClN2O3S. The quantitative estimate of drug-likeness (QED) is 0.796. The molecule has 0 atom stereocenters. The van der Waals surface area contributed by atoms with E-state index in [1.54, 1.807) is 18.2 Å². The zero-order chi connectivity index (χ0) is 12.5. The first kappa shape index (κ1) is 12.1. The van der Waals surface area contributed by atoms with Gasteiger partial charge in [-0.2, -0.15) is 0 Å². The fourth-order valence-corrected chi connectivity index (χ4v) is 2.38. The summed E-state index contributed by atoms with van der Waals surface area (Å²) in [5.74, 6) is 0.188. The summed E-state index contributed by atoms with van der Waals surface area (Å²) in [5, 5.41) is 0. The van der Waals surface area contributed by atoms with Crippen LogP contribution in [0.5, 0.6) is 5.88 Å². The molecule has 0 unspecified atom stereocenters. The molecule has 0 aliphatic heterocycles. The summed E-state index contributed by atoms with van der Waals surface area (Å²) in [5.41, 5.74) is 1.82. The van der Waals surface area contributed by atoms with Crippen molar-refractivity contribution < 1.29 is 13.2 Å². The maximum absolute atomic E-state index is 10.9. The topological polar surface area (TPSA) is 69.2 Å². The molecule has 0 aliphatic rings. The molecule has 0 bridgehead atoms. The second kappa shape index (κ2) is 4.46. The third-order valence-corrected chi connectivity index (χ3v) is 3.14. The van der Waals surface area contributed by atoms with Crippen molar-refractivity contribution in [3.8, 4) is 5.88 Å². The van der Waals surface area contributed by atoms with E-state index in [9.17, 15) is 8.42 Å². The molecule has 2 rings (SSSR count). The number of methoxy groups -OCH3 is 1. The summed E-state index contributed by atoms with van der Waals surface area (Å²) in [7, 11) is 3.13. The lowest BCUT2D eigenvalue weighted by Crippen LogP contribution is -1.96. The van der Waals surface area contributed by atoms with Gasteiger partial charge in [-0.05, 0) is 17.7 Å². The Hall–Kier alpha value is -1.40. The maximum Gasteiger partial charge on any atom is 0.236 e. The molecule has 0 saturated carbocycles. The lowest BCUT2D eigenvalue weighted by molar-refractivity contribution is 0.397. The molecule has 1 aromatic carbocycles. The van der Waals surface area contributed by atoms with Crippen LogP contribution in [0.15, 0.2) is 24.4 Å². The van der Waals surface area contributed by atoms with Crippen LogP contribution in [0, 0.1) is 0 Å². The molecule has 0 aliphatic carbocycles. The molecule has 17 heavy (non-hydrogen) atoms.